The molecule has 4 aliphatic heterocycles. The third-order valence-corrected chi connectivity index (χ3v) is 13.5. The molecule has 0 N–H and O–H groups in total. The molecule has 4 heterocycles. The number of anilines is 4. The molecule has 3 aromatic carbocycles. The second-order valence-corrected chi connectivity index (χ2v) is 18.7. The SMILES string of the molecule is CC(C)(C)C1=C2c3c(C(C)(C)C)ccc4c3N(c3cc(C(C)(C)C5=CC=CCC5)cc5c3B4C3=C4C(CC=C3)c3ccccc3N45)C2CCC1. The van der Waals surface area contributed by atoms with Crippen molar-refractivity contribution in [3.8, 4) is 0 Å². The van der Waals surface area contributed by atoms with E-state index in [9.17, 15) is 0 Å². The van der Waals surface area contributed by atoms with E-state index >= 15 is 0 Å². The summed E-state index contributed by atoms with van der Waals surface area (Å²) in [6, 6.07) is 20.0. The summed E-state index contributed by atoms with van der Waals surface area (Å²) >= 11 is 0. The van der Waals surface area contributed by atoms with Crippen LogP contribution in [-0.4, -0.2) is 12.8 Å². The normalized spacial score (nSPS) is 22.8. The third kappa shape index (κ3) is 3.93. The molecule has 0 amide bonds. The topological polar surface area (TPSA) is 6.48 Å². The van der Waals surface area contributed by atoms with Crippen LogP contribution in [-0.2, 0) is 10.8 Å². The third-order valence-electron chi connectivity index (χ3n) is 13.5. The number of fused-ring (bicyclic) bond motifs is 10. The minimum atomic E-state index is -0.0799. The van der Waals surface area contributed by atoms with Gasteiger partial charge in [-0.15, -0.1) is 0 Å². The van der Waals surface area contributed by atoms with Crippen molar-refractivity contribution in [1.29, 1.82) is 0 Å². The quantitative estimate of drug-likeness (QED) is 0.254. The van der Waals surface area contributed by atoms with Crippen molar-refractivity contribution in [3.05, 3.63) is 123 Å². The van der Waals surface area contributed by atoms with Gasteiger partial charge in [-0.25, -0.2) is 0 Å². The molecule has 0 aromatic heterocycles. The van der Waals surface area contributed by atoms with E-state index in [0.29, 0.717) is 12.0 Å². The van der Waals surface area contributed by atoms with Gasteiger partial charge in [-0.2, -0.15) is 0 Å². The van der Waals surface area contributed by atoms with Crippen LogP contribution in [0.4, 0.5) is 22.7 Å². The Kier molecular flexibility index (Phi) is 6.22. The summed E-state index contributed by atoms with van der Waals surface area (Å²) in [5, 5.41) is 0. The van der Waals surface area contributed by atoms with Crippen LogP contribution < -0.4 is 20.7 Å². The zero-order valence-corrected chi connectivity index (χ0v) is 31.4. The summed E-state index contributed by atoms with van der Waals surface area (Å²) in [4.78, 5) is 5.61. The Morgan fingerprint density at radius 1 is 0.820 bits per heavy atom. The van der Waals surface area contributed by atoms with Gasteiger partial charge < -0.3 is 9.80 Å². The Bertz CT molecular complexity index is 2190. The highest BCUT2D eigenvalue weighted by Crippen LogP contribution is 2.60. The minimum Gasteiger partial charge on any atom is -0.334 e. The Morgan fingerprint density at radius 3 is 2.38 bits per heavy atom. The van der Waals surface area contributed by atoms with Crippen LogP contribution in [0.1, 0.15) is 122 Å². The molecule has 50 heavy (non-hydrogen) atoms. The van der Waals surface area contributed by atoms with Gasteiger partial charge in [0.25, 0.3) is 6.71 Å². The fourth-order valence-corrected chi connectivity index (χ4v) is 11.1. The van der Waals surface area contributed by atoms with E-state index in [1.54, 1.807) is 22.3 Å². The maximum Gasteiger partial charge on any atom is 0.251 e. The Balaban J connectivity index is 1.35. The van der Waals surface area contributed by atoms with Crippen LogP contribution in [0.5, 0.6) is 0 Å². The van der Waals surface area contributed by atoms with Crippen LogP contribution in [0.2, 0.25) is 0 Å². The molecule has 0 spiro atoms. The van der Waals surface area contributed by atoms with Gasteiger partial charge in [0, 0.05) is 45.3 Å². The second-order valence-electron chi connectivity index (χ2n) is 18.7. The van der Waals surface area contributed by atoms with Gasteiger partial charge in [-0.3, -0.25) is 0 Å². The largest absolute Gasteiger partial charge is 0.334 e. The summed E-state index contributed by atoms with van der Waals surface area (Å²) in [5.74, 6) is 0.406. The molecular weight excluding hydrogens is 603 g/mol. The van der Waals surface area contributed by atoms with E-state index < -0.39 is 0 Å². The van der Waals surface area contributed by atoms with Crippen molar-refractivity contribution < 1.29 is 0 Å². The predicted molar refractivity (Wildman–Crippen MR) is 214 cm³/mol. The predicted octanol–water partition coefficient (Wildman–Crippen LogP) is 11.0. The van der Waals surface area contributed by atoms with Crippen LogP contribution in [0.3, 0.4) is 0 Å². The van der Waals surface area contributed by atoms with Crippen LogP contribution >= 0.6 is 0 Å². The molecule has 0 bridgehead atoms. The second kappa shape index (κ2) is 10.1. The molecule has 2 nitrogen and oxygen atoms in total. The molecule has 2 atom stereocenters. The number of rotatable bonds is 2. The van der Waals surface area contributed by atoms with E-state index in [1.807, 2.05) is 0 Å². The van der Waals surface area contributed by atoms with E-state index in [0.717, 1.165) is 19.3 Å². The standard InChI is InChI=1S/C47H51BN2/c1-45(2,3)32-20-15-23-37-40(32)41-33(46(4,5)6)24-25-35-44(41)50(37)39-27-29(47(7,8)28-16-10-9-11-17-28)26-38-42(39)48(35)34-21-14-19-31-30-18-12-13-22-36(30)49(38)43(31)34/h9-10,12-14,16,18,21-22,24-27,31,37H,11,15,17,19-20,23H2,1-8H3. The molecule has 0 fully saturated rings. The summed E-state index contributed by atoms with van der Waals surface area (Å²) in [6.07, 6.45) is 19.0. The number of hydrogen-bond donors (Lipinski definition) is 0. The molecule has 0 saturated carbocycles. The van der Waals surface area contributed by atoms with Gasteiger partial charge in [0.15, 0.2) is 0 Å². The molecule has 3 aromatic rings. The molecule has 0 radical (unpaired) electrons. The minimum absolute atomic E-state index is 0.0445. The van der Waals surface area contributed by atoms with E-state index in [-0.39, 0.29) is 23.0 Å². The highest BCUT2D eigenvalue weighted by molar-refractivity contribution is 6.95. The van der Waals surface area contributed by atoms with Crippen molar-refractivity contribution >= 4 is 46.0 Å². The Labute approximate surface area is 300 Å². The molecular formula is C47H51BN2. The van der Waals surface area contributed by atoms with E-state index in [1.165, 1.54) is 80.8 Å². The zero-order valence-electron chi connectivity index (χ0n) is 31.4. The lowest BCUT2D eigenvalue weighted by molar-refractivity contribution is 0.458. The lowest BCUT2D eigenvalue weighted by Gasteiger charge is -2.46. The van der Waals surface area contributed by atoms with Gasteiger partial charge in [-0.05, 0) is 106 Å². The van der Waals surface area contributed by atoms with Crippen LogP contribution in [0.15, 0.2) is 101 Å². The van der Waals surface area contributed by atoms with Gasteiger partial charge in [-0.1, -0.05) is 127 Å². The molecule has 7 aliphatic rings. The maximum absolute atomic E-state index is 2.89. The zero-order chi connectivity index (χ0) is 34.5. The van der Waals surface area contributed by atoms with Crippen molar-refractivity contribution in [2.24, 2.45) is 5.41 Å². The molecule has 3 aliphatic carbocycles. The van der Waals surface area contributed by atoms with Crippen molar-refractivity contribution in [2.45, 2.75) is 117 Å². The smallest absolute Gasteiger partial charge is 0.251 e. The lowest BCUT2D eigenvalue weighted by Crippen LogP contribution is -2.57. The average Bonchev–Trinajstić information content (AvgIpc) is 3.62. The van der Waals surface area contributed by atoms with E-state index in [4.69, 9.17) is 0 Å². The first-order chi connectivity index (χ1) is 23.9. The Hall–Kier alpha value is -3.98. The average molecular weight is 655 g/mol. The molecule has 0 saturated heterocycles. The first kappa shape index (κ1) is 30.8. The van der Waals surface area contributed by atoms with Crippen molar-refractivity contribution in [1.82, 2.24) is 0 Å². The number of para-hydroxylation sites is 1. The fraction of sp³-hybridized carbons (Fsp3) is 0.404. The van der Waals surface area contributed by atoms with Crippen LogP contribution in [0.25, 0.3) is 5.57 Å². The summed E-state index contributed by atoms with van der Waals surface area (Å²) < 4.78 is 0. The maximum atomic E-state index is 2.89. The first-order valence-corrected chi connectivity index (χ1v) is 19.4. The molecule has 3 heteroatoms. The van der Waals surface area contributed by atoms with Crippen LogP contribution in [0, 0.1) is 5.41 Å². The van der Waals surface area contributed by atoms with Gasteiger partial charge >= 0.3 is 0 Å². The molecule has 10 rings (SSSR count). The number of allylic oxidation sites excluding steroid dienone is 9. The van der Waals surface area contributed by atoms with Gasteiger partial charge in [0.2, 0.25) is 0 Å². The van der Waals surface area contributed by atoms with Gasteiger partial charge in [0.1, 0.15) is 0 Å². The number of nitrogens with zero attached hydrogens (tertiary/aromatic N) is 2. The summed E-state index contributed by atoms with van der Waals surface area (Å²) in [6.45, 7) is 19.9. The molecule has 252 valence electrons. The number of benzene rings is 3. The van der Waals surface area contributed by atoms with E-state index in [2.05, 4.69) is 144 Å². The summed E-state index contributed by atoms with van der Waals surface area (Å²) in [5.41, 5.74) is 22.9. The number of hydrogen-bond acceptors (Lipinski definition) is 2. The van der Waals surface area contributed by atoms with Crippen molar-refractivity contribution in [2.75, 3.05) is 9.80 Å². The first-order valence-electron chi connectivity index (χ1n) is 19.4. The molecule has 2 unspecified atom stereocenters. The van der Waals surface area contributed by atoms with Gasteiger partial charge in [0.05, 0.1) is 6.04 Å². The lowest BCUT2D eigenvalue weighted by atomic mass is 9.32. The highest BCUT2D eigenvalue weighted by Gasteiger charge is 2.54. The fourth-order valence-electron chi connectivity index (χ4n) is 11.1. The highest BCUT2D eigenvalue weighted by atomic mass is 15.2. The monoisotopic (exact) mass is 654 g/mol. The van der Waals surface area contributed by atoms with Crippen molar-refractivity contribution in [3.63, 3.8) is 0 Å². The Morgan fingerprint density at radius 2 is 1.62 bits per heavy atom. The summed E-state index contributed by atoms with van der Waals surface area (Å²) in [7, 11) is 0.